The maximum atomic E-state index is 12.1. The number of carbonyl (C=O) groups excluding carboxylic acids is 1. The van der Waals surface area contributed by atoms with E-state index < -0.39 is 0 Å². The number of hydrogen-bond donors (Lipinski definition) is 1. The van der Waals surface area contributed by atoms with Crippen molar-refractivity contribution in [3.05, 3.63) is 22.4 Å². The van der Waals surface area contributed by atoms with E-state index in [0.29, 0.717) is 18.5 Å². The number of nitrogens with zero attached hydrogens (tertiary/aromatic N) is 1. The Morgan fingerprint density at radius 2 is 2.24 bits per heavy atom. The highest BCUT2D eigenvalue weighted by atomic mass is 32.1. The second-order valence-electron chi connectivity index (χ2n) is 5.53. The lowest BCUT2D eigenvalue weighted by Crippen LogP contribution is -2.52. The minimum atomic E-state index is 0.0298. The molecule has 0 spiro atoms. The molecule has 0 aromatic carbocycles. The number of morpholine rings is 1. The second-order valence-corrected chi connectivity index (χ2v) is 6.47. The van der Waals surface area contributed by atoms with Crippen LogP contribution in [0.1, 0.15) is 16.1 Å². The van der Waals surface area contributed by atoms with Crippen LogP contribution in [0, 0.1) is 5.92 Å². The zero-order valence-corrected chi connectivity index (χ0v) is 12.9. The molecule has 5 nitrogen and oxygen atoms in total. The Kier molecular flexibility index (Phi) is 5.24. The van der Waals surface area contributed by atoms with Crippen LogP contribution in [0.3, 0.4) is 0 Å². The molecular weight excluding hydrogens is 288 g/mol. The van der Waals surface area contributed by atoms with Crippen LogP contribution >= 0.6 is 11.3 Å². The summed E-state index contributed by atoms with van der Waals surface area (Å²) in [7, 11) is 0. The topological polar surface area (TPSA) is 50.8 Å². The van der Waals surface area contributed by atoms with E-state index in [2.05, 4.69) is 10.2 Å². The Labute approximate surface area is 129 Å². The Morgan fingerprint density at radius 3 is 2.90 bits per heavy atom. The van der Waals surface area contributed by atoms with Crippen LogP contribution in [0.5, 0.6) is 0 Å². The standard InChI is InChI=1S/C15H22N2O3S/c18-15(14-2-1-9-21-14)16-10-13(12-3-6-20-11-12)17-4-7-19-8-5-17/h1-2,9,12-13H,3-8,10-11H2,(H,16,18). The van der Waals surface area contributed by atoms with Gasteiger partial charge in [0, 0.05) is 38.2 Å². The fourth-order valence-electron chi connectivity index (χ4n) is 3.05. The predicted molar refractivity (Wildman–Crippen MR) is 81.8 cm³/mol. The first-order valence-electron chi connectivity index (χ1n) is 7.56. The normalized spacial score (nSPS) is 24.9. The molecule has 2 aliphatic rings. The number of amides is 1. The molecule has 0 bridgehead atoms. The predicted octanol–water partition coefficient (Wildman–Crippen LogP) is 1.22. The summed E-state index contributed by atoms with van der Waals surface area (Å²) in [5.74, 6) is 0.536. The zero-order valence-electron chi connectivity index (χ0n) is 12.1. The SMILES string of the molecule is O=C(NCC(C1CCOC1)N1CCOCC1)c1cccs1. The lowest BCUT2D eigenvalue weighted by Gasteiger charge is -2.37. The third-order valence-electron chi connectivity index (χ3n) is 4.24. The van der Waals surface area contributed by atoms with Crippen molar-refractivity contribution < 1.29 is 14.3 Å². The molecule has 1 aromatic rings. The van der Waals surface area contributed by atoms with Crippen LogP contribution in [0.15, 0.2) is 17.5 Å². The van der Waals surface area contributed by atoms with Gasteiger partial charge in [-0.15, -0.1) is 11.3 Å². The average Bonchev–Trinajstić information content (AvgIpc) is 3.22. The van der Waals surface area contributed by atoms with Crippen molar-refractivity contribution in [2.24, 2.45) is 5.92 Å². The molecule has 0 saturated carbocycles. The van der Waals surface area contributed by atoms with E-state index in [1.165, 1.54) is 11.3 Å². The third kappa shape index (κ3) is 3.83. The van der Waals surface area contributed by atoms with Gasteiger partial charge in [0.2, 0.25) is 0 Å². The summed E-state index contributed by atoms with van der Waals surface area (Å²) in [5, 5.41) is 5.02. The van der Waals surface area contributed by atoms with Gasteiger partial charge in [-0.3, -0.25) is 9.69 Å². The van der Waals surface area contributed by atoms with Crippen molar-refractivity contribution in [2.45, 2.75) is 12.5 Å². The van der Waals surface area contributed by atoms with Crippen molar-refractivity contribution in [2.75, 3.05) is 46.1 Å². The number of carbonyl (C=O) groups is 1. The Balaban J connectivity index is 1.59. The Bertz CT molecular complexity index is 440. The fraction of sp³-hybridized carbons (Fsp3) is 0.667. The van der Waals surface area contributed by atoms with E-state index >= 15 is 0 Å². The molecule has 1 amide bonds. The minimum Gasteiger partial charge on any atom is -0.381 e. The van der Waals surface area contributed by atoms with Crippen LogP contribution in [-0.2, 0) is 9.47 Å². The van der Waals surface area contributed by atoms with Gasteiger partial charge in [0.25, 0.3) is 5.91 Å². The van der Waals surface area contributed by atoms with E-state index in [9.17, 15) is 4.79 Å². The summed E-state index contributed by atoms with van der Waals surface area (Å²) in [6.07, 6.45) is 1.08. The summed E-state index contributed by atoms with van der Waals surface area (Å²) in [6, 6.07) is 4.12. The molecule has 0 aliphatic carbocycles. The number of nitrogens with one attached hydrogen (secondary N) is 1. The van der Waals surface area contributed by atoms with Crippen LogP contribution < -0.4 is 5.32 Å². The van der Waals surface area contributed by atoms with Gasteiger partial charge in [-0.05, 0) is 17.9 Å². The Morgan fingerprint density at radius 1 is 1.38 bits per heavy atom. The van der Waals surface area contributed by atoms with Crippen molar-refractivity contribution in [3.63, 3.8) is 0 Å². The lowest BCUT2D eigenvalue weighted by atomic mass is 9.97. The van der Waals surface area contributed by atoms with Gasteiger partial charge in [-0.1, -0.05) is 6.07 Å². The first-order valence-corrected chi connectivity index (χ1v) is 8.44. The van der Waals surface area contributed by atoms with Crippen LogP contribution in [0.25, 0.3) is 0 Å². The van der Waals surface area contributed by atoms with Crippen molar-refractivity contribution in [1.29, 1.82) is 0 Å². The molecule has 6 heteroatoms. The molecule has 2 fully saturated rings. The minimum absolute atomic E-state index is 0.0298. The van der Waals surface area contributed by atoms with Crippen LogP contribution in [0.4, 0.5) is 0 Å². The molecule has 2 saturated heterocycles. The first-order chi connectivity index (χ1) is 10.3. The van der Waals surface area contributed by atoms with Crippen molar-refractivity contribution in [3.8, 4) is 0 Å². The number of thiophene rings is 1. The summed E-state index contributed by atoms with van der Waals surface area (Å²) in [4.78, 5) is 15.4. The molecule has 116 valence electrons. The molecular formula is C15H22N2O3S. The Hall–Kier alpha value is -0.950. The molecule has 1 N–H and O–H groups in total. The monoisotopic (exact) mass is 310 g/mol. The molecule has 2 atom stereocenters. The van der Waals surface area contributed by atoms with E-state index in [1.54, 1.807) is 0 Å². The van der Waals surface area contributed by atoms with Crippen molar-refractivity contribution in [1.82, 2.24) is 10.2 Å². The summed E-state index contributed by atoms with van der Waals surface area (Å²) in [5.41, 5.74) is 0. The van der Waals surface area contributed by atoms with Crippen molar-refractivity contribution >= 4 is 17.2 Å². The first kappa shape index (κ1) is 15.0. The van der Waals surface area contributed by atoms with E-state index in [4.69, 9.17) is 9.47 Å². The highest BCUT2D eigenvalue weighted by molar-refractivity contribution is 7.12. The van der Waals surface area contributed by atoms with Gasteiger partial charge in [0.1, 0.15) is 0 Å². The van der Waals surface area contributed by atoms with E-state index in [-0.39, 0.29) is 5.91 Å². The van der Waals surface area contributed by atoms with Crippen LogP contribution in [-0.4, -0.2) is 62.9 Å². The highest BCUT2D eigenvalue weighted by Gasteiger charge is 2.31. The maximum Gasteiger partial charge on any atom is 0.261 e. The largest absolute Gasteiger partial charge is 0.381 e. The summed E-state index contributed by atoms with van der Waals surface area (Å²) < 4.78 is 11.0. The zero-order chi connectivity index (χ0) is 14.5. The molecule has 2 unspecified atom stereocenters. The van der Waals surface area contributed by atoms with E-state index in [1.807, 2.05) is 17.5 Å². The molecule has 2 aliphatic heterocycles. The van der Waals surface area contributed by atoms with Gasteiger partial charge >= 0.3 is 0 Å². The van der Waals surface area contributed by atoms with E-state index in [0.717, 1.165) is 50.8 Å². The number of hydrogen-bond acceptors (Lipinski definition) is 5. The van der Waals surface area contributed by atoms with Gasteiger partial charge < -0.3 is 14.8 Å². The molecule has 3 rings (SSSR count). The smallest absolute Gasteiger partial charge is 0.261 e. The van der Waals surface area contributed by atoms with Gasteiger partial charge in [0.15, 0.2) is 0 Å². The lowest BCUT2D eigenvalue weighted by molar-refractivity contribution is 0.00167. The molecule has 3 heterocycles. The third-order valence-corrected chi connectivity index (χ3v) is 5.11. The van der Waals surface area contributed by atoms with Gasteiger partial charge in [-0.2, -0.15) is 0 Å². The second kappa shape index (κ2) is 7.35. The van der Waals surface area contributed by atoms with Crippen LogP contribution in [0.2, 0.25) is 0 Å². The number of ether oxygens (including phenoxy) is 2. The number of rotatable bonds is 5. The summed E-state index contributed by atoms with van der Waals surface area (Å²) >= 11 is 1.48. The fourth-order valence-corrected chi connectivity index (χ4v) is 3.69. The quantitative estimate of drug-likeness (QED) is 0.888. The molecule has 21 heavy (non-hydrogen) atoms. The average molecular weight is 310 g/mol. The molecule has 0 radical (unpaired) electrons. The van der Waals surface area contributed by atoms with Gasteiger partial charge in [0.05, 0.1) is 24.7 Å². The summed E-state index contributed by atoms with van der Waals surface area (Å²) in [6.45, 7) is 5.77. The molecule has 1 aromatic heterocycles. The highest BCUT2D eigenvalue weighted by Crippen LogP contribution is 2.22. The van der Waals surface area contributed by atoms with Gasteiger partial charge in [-0.25, -0.2) is 0 Å². The maximum absolute atomic E-state index is 12.1.